The summed E-state index contributed by atoms with van der Waals surface area (Å²) in [6.07, 6.45) is 2.73. The van der Waals surface area contributed by atoms with Gasteiger partial charge in [0, 0.05) is 31.5 Å². The van der Waals surface area contributed by atoms with Crippen molar-refractivity contribution in [2.45, 2.75) is 19.9 Å². The summed E-state index contributed by atoms with van der Waals surface area (Å²) in [5.41, 5.74) is 1.97. The van der Waals surface area contributed by atoms with E-state index >= 15 is 0 Å². The first-order valence-corrected chi connectivity index (χ1v) is 5.78. The Bertz CT molecular complexity index is 457. The molecule has 2 rings (SSSR count). The van der Waals surface area contributed by atoms with Gasteiger partial charge in [-0.15, -0.1) is 0 Å². The summed E-state index contributed by atoms with van der Waals surface area (Å²) >= 11 is 0. The maximum absolute atomic E-state index is 10.4. The van der Waals surface area contributed by atoms with Crippen LogP contribution in [0.4, 0.5) is 0 Å². The molecule has 1 aromatic heterocycles. The molecule has 0 bridgehead atoms. The molecule has 1 saturated heterocycles. The van der Waals surface area contributed by atoms with Gasteiger partial charge in [-0.2, -0.15) is 0 Å². The fourth-order valence-corrected chi connectivity index (χ4v) is 1.83. The molecular formula is C11H15N5O2. The fraction of sp³-hybridized carbons (Fsp3) is 0.455. The Kier molecular flexibility index (Phi) is 3.71. The van der Waals surface area contributed by atoms with Crippen molar-refractivity contribution in [2.24, 2.45) is 5.10 Å². The van der Waals surface area contributed by atoms with Gasteiger partial charge in [-0.05, 0) is 25.0 Å². The number of hydrogen-bond acceptors (Lipinski definition) is 3. The van der Waals surface area contributed by atoms with Gasteiger partial charge in [0.25, 0.3) is 5.96 Å². The number of rotatable bonds is 3. The second-order valence-corrected chi connectivity index (χ2v) is 4.17. The van der Waals surface area contributed by atoms with Gasteiger partial charge in [0.1, 0.15) is 5.10 Å². The van der Waals surface area contributed by atoms with Crippen molar-refractivity contribution in [3.8, 4) is 0 Å². The number of aryl methyl sites for hydroxylation is 1. The van der Waals surface area contributed by atoms with E-state index in [1.54, 1.807) is 6.20 Å². The van der Waals surface area contributed by atoms with E-state index in [-0.39, 0.29) is 0 Å². The van der Waals surface area contributed by atoms with Gasteiger partial charge in [0.2, 0.25) is 0 Å². The molecule has 18 heavy (non-hydrogen) atoms. The van der Waals surface area contributed by atoms with Gasteiger partial charge in [-0.1, -0.05) is 6.07 Å². The van der Waals surface area contributed by atoms with Gasteiger partial charge in [0.15, 0.2) is 5.03 Å². The number of nitro groups is 1. The van der Waals surface area contributed by atoms with Gasteiger partial charge < -0.3 is 10.2 Å². The van der Waals surface area contributed by atoms with Gasteiger partial charge in [-0.3, -0.25) is 4.98 Å². The first-order chi connectivity index (χ1) is 8.65. The molecule has 1 aliphatic heterocycles. The van der Waals surface area contributed by atoms with Crippen LogP contribution in [0.5, 0.6) is 0 Å². The Morgan fingerprint density at radius 2 is 2.44 bits per heavy atom. The maximum Gasteiger partial charge on any atom is 0.271 e. The monoisotopic (exact) mass is 249 g/mol. The Balaban J connectivity index is 2.10. The van der Waals surface area contributed by atoms with E-state index in [2.05, 4.69) is 15.4 Å². The largest absolute Gasteiger partial charge is 0.351 e. The molecule has 0 aromatic carbocycles. The highest BCUT2D eigenvalue weighted by atomic mass is 16.7. The minimum Gasteiger partial charge on any atom is -0.351 e. The van der Waals surface area contributed by atoms with Crippen LogP contribution >= 0.6 is 0 Å². The molecule has 0 radical (unpaired) electrons. The molecule has 2 heterocycles. The highest BCUT2D eigenvalue weighted by Gasteiger charge is 2.19. The highest BCUT2D eigenvalue weighted by Crippen LogP contribution is 2.08. The molecule has 7 heteroatoms. The van der Waals surface area contributed by atoms with Crippen LogP contribution in [-0.4, -0.2) is 34.0 Å². The van der Waals surface area contributed by atoms with Gasteiger partial charge in [0.05, 0.1) is 0 Å². The van der Waals surface area contributed by atoms with Gasteiger partial charge in [-0.25, -0.2) is 10.1 Å². The van der Waals surface area contributed by atoms with Crippen LogP contribution in [0.15, 0.2) is 23.4 Å². The average Bonchev–Trinajstić information content (AvgIpc) is 2.34. The zero-order valence-electron chi connectivity index (χ0n) is 10.2. The second-order valence-electron chi connectivity index (χ2n) is 4.17. The van der Waals surface area contributed by atoms with Crippen molar-refractivity contribution < 1.29 is 5.03 Å². The summed E-state index contributed by atoms with van der Waals surface area (Å²) in [6.45, 7) is 3.97. The summed E-state index contributed by atoms with van der Waals surface area (Å²) in [5.74, 6) is 0.326. The number of nitrogens with one attached hydrogen (secondary N) is 1. The third-order valence-corrected chi connectivity index (χ3v) is 2.71. The zero-order chi connectivity index (χ0) is 13.0. The summed E-state index contributed by atoms with van der Waals surface area (Å²) < 4.78 is 0. The molecule has 1 N–H and O–H groups in total. The predicted octanol–water partition coefficient (Wildman–Crippen LogP) is 0.733. The normalized spacial score (nSPS) is 17.6. The van der Waals surface area contributed by atoms with Crippen LogP contribution in [0.1, 0.15) is 17.7 Å². The summed E-state index contributed by atoms with van der Waals surface area (Å²) in [7, 11) is 0. The molecule has 0 unspecified atom stereocenters. The third-order valence-electron chi connectivity index (χ3n) is 2.71. The number of pyridine rings is 1. The van der Waals surface area contributed by atoms with E-state index in [9.17, 15) is 10.1 Å². The summed E-state index contributed by atoms with van der Waals surface area (Å²) in [4.78, 5) is 16.5. The molecule has 0 aliphatic carbocycles. The molecule has 0 saturated carbocycles. The topological polar surface area (TPSA) is 83.7 Å². The maximum atomic E-state index is 10.4. The van der Waals surface area contributed by atoms with E-state index < -0.39 is 5.03 Å². The Labute approximate surface area is 105 Å². The van der Waals surface area contributed by atoms with E-state index in [1.807, 2.05) is 24.0 Å². The van der Waals surface area contributed by atoms with E-state index in [0.29, 0.717) is 12.5 Å². The van der Waals surface area contributed by atoms with E-state index in [1.165, 1.54) is 0 Å². The van der Waals surface area contributed by atoms with Crippen molar-refractivity contribution in [1.82, 2.24) is 15.2 Å². The smallest absolute Gasteiger partial charge is 0.271 e. The number of aromatic nitrogens is 1. The lowest BCUT2D eigenvalue weighted by atomic mass is 10.2. The zero-order valence-corrected chi connectivity index (χ0v) is 10.2. The number of guanidine groups is 1. The van der Waals surface area contributed by atoms with Crippen LogP contribution < -0.4 is 5.32 Å². The first kappa shape index (κ1) is 12.3. The molecule has 1 fully saturated rings. The Morgan fingerprint density at radius 1 is 1.61 bits per heavy atom. The number of hydrazone groups is 1. The average molecular weight is 249 g/mol. The SMILES string of the molecule is Cc1ccc(CN2CCCNC2=N[N+](=O)[O-])cn1. The van der Waals surface area contributed by atoms with Crippen molar-refractivity contribution >= 4 is 5.96 Å². The number of nitrogens with zero attached hydrogens (tertiary/aromatic N) is 4. The lowest BCUT2D eigenvalue weighted by Gasteiger charge is -2.28. The molecule has 1 aliphatic rings. The predicted molar refractivity (Wildman–Crippen MR) is 66.4 cm³/mol. The lowest BCUT2D eigenvalue weighted by Crippen LogP contribution is -2.47. The van der Waals surface area contributed by atoms with Crippen LogP contribution in [0.25, 0.3) is 0 Å². The van der Waals surface area contributed by atoms with Crippen LogP contribution in [0, 0.1) is 17.0 Å². The lowest BCUT2D eigenvalue weighted by molar-refractivity contribution is -0.486. The standard InChI is InChI=1S/C11H15N5O2/c1-9-3-4-10(7-13-9)8-15-6-2-5-12-11(15)14-16(17)18/h3-4,7H,2,5-6,8H2,1H3,(H,12,14). The summed E-state index contributed by atoms with van der Waals surface area (Å²) in [5, 5.41) is 16.1. The number of hydrogen-bond donors (Lipinski definition) is 1. The second kappa shape index (κ2) is 5.44. The van der Waals surface area contributed by atoms with Crippen molar-refractivity contribution in [3.63, 3.8) is 0 Å². The van der Waals surface area contributed by atoms with Crippen molar-refractivity contribution in [1.29, 1.82) is 0 Å². The molecule has 0 amide bonds. The Morgan fingerprint density at radius 3 is 3.11 bits per heavy atom. The minimum atomic E-state index is -0.673. The fourth-order valence-electron chi connectivity index (χ4n) is 1.83. The van der Waals surface area contributed by atoms with Crippen molar-refractivity contribution in [2.75, 3.05) is 13.1 Å². The highest BCUT2D eigenvalue weighted by molar-refractivity contribution is 5.79. The molecule has 0 atom stereocenters. The van der Waals surface area contributed by atoms with Gasteiger partial charge >= 0.3 is 0 Å². The molecule has 7 nitrogen and oxygen atoms in total. The van der Waals surface area contributed by atoms with Crippen LogP contribution in [-0.2, 0) is 6.54 Å². The van der Waals surface area contributed by atoms with Crippen molar-refractivity contribution in [3.05, 3.63) is 39.7 Å². The van der Waals surface area contributed by atoms with E-state index in [4.69, 9.17) is 0 Å². The van der Waals surface area contributed by atoms with E-state index in [0.717, 1.165) is 30.8 Å². The van der Waals surface area contributed by atoms with Crippen LogP contribution in [0.2, 0.25) is 0 Å². The molecule has 1 aromatic rings. The van der Waals surface area contributed by atoms with Crippen LogP contribution in [0.3, 0.4) is 0 Å². The Hall–Kier alpha value is -2.18. The molecule has 0 spiro atoms. The first-order valence-electron chi connectivity index (χ1n) is 5.78. The molecule has 96 valence electrons. The minimum absolute atomic E-state index is 0.326. The third kappa shape index (κ3) is 3.16. The summed E-state index contributed by atoms with van der Waals surface area (Å²) in [6, 6.07) is 3.90. The quantitative estimate of drug-likeness (QED) is 0.630. The molecular weight excluding hydrogens is 234 g/mol.